The third kappa shape index (κ3) is 2.41. The molecule has 0 aliphatic carbocycles. The first-order valence-electron chi connectivity index (χ1n) is 5.15. The zero-order valence-electron chi connectivity index (χ0n) is 9.50. The second-order valence-corrected chi connectivity index (χ2v) is 5.07. The van der Waals surface area contributed by atoms with Crippen LogP contribution < -0.4 is 5.43 Å². The Balaban J connectivity index is 2.73. The first-order chi connectivity index (χ1) is 7.99. The summed E-state index contributed by atoms with van der Waals surface area (Å²) in [4.78, 5) is 11.4. The lowest BCUT2D eigenvalue weighted by atomic mass is 10.2. The number of nitrogens with zero attached hydrogens (tertiary/aromatic N) is 1. The molecule has 0 radical (unpaired) electrons. The van der Waals surface area contributed by atoms with Gasteiger partial charge in [0.25, 0.3) is 0 Å². The number of rotatable bonds is 1. The third-order valence-electron chi connectivity index (χ3n) is 2.56. The van der Waals surface area contributed by atoms with E-state index in [9.17, 15) is 9.18 Å². The maximum atomic E-state index is 13.1. The Morgan fingerprint density at radius 1 is 1.12 bits per heavy atom. The predicted molar refractivity (Wildman–Crippen MR) is 74.2 cm³/mol. The fourth-order valence-corrected chi connectivity index (χ4v) is 2.62. The predicted octanol–water partition coefficient (Wildman–Crippen LogP) is 3.20. The van der Waals surface area contributed by atoms with E-state index in [-0.39, 0.29) is 11.2 Å². The van der Waals surface area contributed by atoms with Gasteiger partial charge in [0.05, 0.1) is 5.69 Å². The van der Waals surface area contributed by atoms with Crippen LogP contribution in [0.4, 0.5) is 4.39 Å². The van der Waals surface area contributed by atoms with Gasteiger partial charge in [-0.25, -0.2) is 4.39 Å². The molecule has 2 nitrogen and oxygen atoms in total. The van der Waals surface area contributed by atoms with Crippen molar-refractivity contribution in [3.8, 4) is 5.69 Å². The monoisotopic (exact) mass is 343 g/mol. The summed E-state index contributed by atoms with van der Waals surface area (Å²) in [7, 11) is 0. The first kappa shape index (κ1) is 12.3. The number of benzene rings is 1. The molecule has 1 aromatic heterocycles. The zero-order chi connectivity index (χ0) is 12.6. The van der Waals surface area contributed by atoms with Crippen LogP contribution in [0.1, 0.15) is 11.4 Å². The van der Waals surface area contributed by atoms with Gasteiger partial charge < -0.3 is 4.57 Å². The van der Waals surface area contributed by atoms with Crippen molar-refractivity contribution in [1.29, 1.82) is 0 Å². The second-order valence-electron chi connectivity index (χ2n) is 3.90. The Morgan fingerprint density at radius 3 is 2.24 bits per heavy atom. The average molecular weight is 343 g/mol. The molecule has 0 fully saturated rings. The summed E-state index contributed by atoms with van der Waals surface area (Å²) in [5.74, 6) is -0.255. The van der Waals surface area contributed by atoms with Crippen molar-refractivity contribution in [2.45, 2.75) is 13.8 Å². The van der Waals surface area contributed by atoms with E-state index in [0.717, 1.165) is 20.6 Å². The summed E-state index contributed by atoms with van der Waals surface area (Å²) in [6, 6.07) is 7.78. The van der Waals surface area contributed by atoms with Gasteiger partial charge in [-0.2, -0.15) is 0 Å². The van der Waals surface area contributed by atoms with Crippen LogP contribution in [0.25, 0.3) is 5.69 Å². The number of hydrogen-bond acceptors (Lipinski definition) is 1. The molecule has 1 aromatic carbocycles. The Labute approximate surface area is 112 Å². The summed E-state index contributed by atoms with van der Waals surface area (Å²) in [6.07, 6.45) is 0. The number of aryl methyl sites for hydroxylation is 2. The molecule has 0 bridgehead atoms. The van der Waals surface area contributed by atoms with Crippen molar-refractivity contribution >= 4 is 22.6 Å². The molecule has 0 spiro atoms. The van der Waals surface area contributed by atoms with Gasteiger partial charge >= 0.3 is 0 Å². The van der Waals surface area contributed by atoms with E-state index in [2.05, 4.69) is 22.6 Å². The lowest BCUT2D eigenvalue weighted by Crippen LogP contribution is -2.12. The number of pyridine rings is 1. The van der Waals surface area contributed by atoms with E-state index in [1.807, 2.05) is 18.4 Å². The van der Waals surface area contributed by atoms with Crippen molar-refractivity contribution < 1.29 is 4.39 Å². The summed E-state index contributed by atoms with van der Waals surface area (Å²) in [5, 5.41) is 0. The van der Waals surface area contributed by atoms with Crippen LogP contribution in [0.15, 0.2) is 35.1 Å². The molecule has 2 rings (SSSR count). The SMILES string of the molecule is Cc1cc(=O)cc(C)n1-c1ccc(F)cc1I. The molecule has 0 unspecified atom stereocenters. The lowest BCUT2D eigenvalue weighted by Gasteiger charge is -2.15. The topological polar surface area (TPSA) is 22.0 Å². The van der Waals surface area contributed by atoms with Crippen molar-refractivity contribution in [2.75, 3.05) is 0 Å². The van der Waals surface area contributed by atoms with E-state index >= 15 is 0 Å². The maximum absolute atomic E-state index is 13.1. The molecule has 1 heterocycles. The van der Waals surface area contributed by atoms with Crippen molar-refractivity contribution in [1.82, 2.24) is 4.57 Å². The molecule has 0 aliphatic heterocycles. The molecular weight excluding hydrogens is 332 g/mol. The van der Waals surface area contributed by atoms with E-state index in [0.29, 0.717) is 0 Å². The fourth-order valence-electron chi connectivity index (χ4n) is 1.90. The Hall–Kier alpha value is -1.17. The molecule has 0 saturated heterocycles. The highest BCUT2D eigenvalue weighted by molar-refractivity contribution is 14.1. The van der Waals surface area contributed by atoms with Gasteiger partial charge in [0.1, 0.15) is 5.82 Å². The highest BCUT2D eigenvalue weighted by Crippen LogP contribution is 2.20. The number of halogens is 2. The molecule has 17 heavy (non-hydrogen) atoms. The molecule has 0 atom stereocenters. The molecule has 4 heteroatoms. The van der Waals surface area contributed by atoms with Gasteiger partial charge in [-0.15, -0.1) is 0 Å². The van der Waals surface area contributed by atoms with E-state index in [4.69, 9.17) is 0 Å². The maximum Gasteiger partial charge on any atom is 0.182 e. The molecule has 0 N–H and O–H groups in total. The lowest BCUT2D eigenvalue weighted by molar-refractivity contribution is 0.626. The first-order valence-corrected chi connectivity index (χ1v) is 6.22. The van der Waals surface area contributed by atoms with Gasteiger partial charge in [-0.05, 0) is 54.6 Å². The Bertz CT molecular complexity index is 608. The molecular formula is C13H11FINO. The standard InChI is InChI=1S/C13H11FINO/c1-8-5-11(17)6-9(2)16(8)13-4-3-10(14)7-12(13)15/h3-7H,1-2H3. The average Bonchev–Trinajstić information content (AvgIpc) is 2.19. The van der Waals surface area contributed by atoms with Gasteiger partial charge in [0, 0.05) is 27.1 Å². The largest absolute Gasteiger partial charge is 0.317 e. The summed E-state index contributed by atoms with van der Waals surface area (Å²) in [5.41, 5.74) is 2.58. The third-order valence-corrected chi connectivity index (χ3v) is 3.42. The second kappa shape index (κ2) is 4.60. The molecule has 0 aliphatic rings. The van der Waals surface area contributed by atoms with Gasteiger partial charge in [-0.1, -0.05) is 0 Å². The molecule has 88 valence electrons. The quantitative estimate of drug-likeness (QED) is 0.729. The van der Waals surface area contributed by atoms with Gasteiger partial charge in [0.15, 0.2) is 5.43 Å². The minimum Gasteiger partial charge on any atom is -0.317 e. The highest BCUT2D eigenvalue weighted by atomic mass is 127. The van der Waals surface area contributed by atoms with Crippen LogP contribution in [0.5, 0.6) is 0 Å². The van der Waals surface area contributed by atoms with E-state index in [1.54, 1.807) is 18.2 Å². The number of hydrogen-bond donors (Lipinski definition) is 0. The molecule has 0 amide bonds. The minimum absolute atomic E-state index is 0.00614. The van der Waals surface area contributed by atoms with Crippen LogP contribution in [0.3, 0.4) is 0 Å². The number of aromatic nitrogens is 1. The van der Waals surface area contributed by atoms with Crippen LogP contribution in [-0.2, 0) is 0 Å². The van der Waals surface area contributed by atoms with Gasteiger partial charge in [-0.3, -0.25) is 4.79 Å². The Kier molecular flexibility index (Phi) is 3.33. The zero-order valence-corrected chi connectivity index (χ0v) is 11.7. The van der Waals surface area contributed by atoms with Crippen molar-refractivity contribution in [3.63, 3.8) is 0 Å². The van der Waals surface area contributed by atoms with Crippen LogP contribution in [0, 0.1) is 23.2 Å². The molecule has 2 aromatic rings. The molecule has 0 saturated carbocycles. The summed E-state index contributed by atoms with van der Waals surface area (Å²) < 4.78 is 15.8. The van der Waals surface area contributed by atoms with Crippen LogP contribution in [-0.4, -0.2) is 4.57 Å². The fraction of sp³-hybridized carbons (Fsp3) is 0.154. The van der Waals surface area contributed by atoms with Crippen LogP contribution in [0.2, 0.25) is 0 Å². The Morgan fingerprint density at radius 2 is 1.71 bits per heavy atom. The van der Waals surface area contributed by atoms with E-state index in [1.165, 1.54) is 12.1 Å². The van der Waals surface area contributed by atoms with Gasteiger partial charge in [0.2, 0.25) is 0 Å². The van der Waals surface area contributed by atoms with Crippen molar-refractivity contribution in [3.05, 3.63) is 61.3 Å². The highest BCUT2D eigenvalue weighted by Gasteiger charge is 2.08. The summed E-state index contributed by atoms with van der Waals surface area (Å²) >= 11 is 2.09. The van der Waals surface area contributed by atoms with Crippen molar-refractivity contribution in [2.24, 2.45) is 0 Å². The smallest absolute Gasteiger partial charge is 0.182 e. The van der Waals surface area contributed by atoms with Crippen LogP contribution >= 0.6 is 22.6 Å². The normalized spacial score (nSPS) is 10.6. The minimum atomic E-state index is -0.255. The van der Waals surface area contributed by atoms with E-state index < -0.39 is 0 Å². The summed E-state index contributed by atoms with van der Waals surface area (Å²) in [6.45, 7) is 3.74.